The van der Waals surface area contributed by atoms with E-state index >= 15 is 0 Å². The average Bonchev–Trinajstić information content (AvgIpc) is 2.99. The van der Waals surface area contributed by atoms with Crippen molar-refractivity contribution >= 4 is 0 Å². The van der Waals surface area contributed by atoms with E-state index in [9.17, 15) is 0 Å². The molecular formula is C14H23N3. The maximum Gasteiger partial charge on any atom is 0.0528 e. The van der Waals surface area contributed by atoms with Gasteiger partial charge in [-0.05, 0) is 50.6 Å². The van der Waals surface area contributed by atoms with E-state index in [4.69, 9.17) is 0 Å². The van der Waals surface area contributed by atoms with Crippen LogP contribution in [0.15, 0.2) is 6.20 Å². The van der Waals surface area contributed by atoms with E-state index < -0.39 is 0 Å². The van der Waals surface area contributed by atoms with Crippen LogP contribution in [0.5, 0.6) is 0 Å². The van der Waals surface area contributed by atoms with Gasteiger partial charge in [-0.15, -0.1) is 0 Å². The molecule has 2 fully saturated rings. The molecule has 2 aliphatic rings. The number of nitrogens with zero attached hydrogens (tertiary/aromatic N) is 2. The van der Waals surface area contributed by atoms with Gasteiger partial charge >= 0.3 is 0 Å². The molecule has 3 rings (SSSR count). The van der Waals surface area contributed by atoms with Crippen molar-refractivity contribution in [3.8, 4) is 0 Å². The minimum absolute atomic E-state index is 0.681. The third-order valence-electron chi connectivity index (χ3n) is 4.49. The highest BCUT2D eigenvalue weighted by Gasteiger charge is 2.24. The normalized spacial score (nSPS) is 26.5. The van der Waals surface area contributed by atoms with E-state index in [0.717, 1.165) is 6.54 Å². The summed E-state index contributed by atoms with van der Waals surface area (Å²) in [5, 5.41) is 8.16. The van der Waals surface area contributed by atoms with Gasteiger partial charge in [0.15, 0.2) is 0 Å². The highest BCUT2D eigenvalue weighted by molar-refractivity contribution is 5.23. The molecule has 1 aromatic rings. The van der Waals surface area contributed by atoms with E-state index in [1.54, 1.807) is 0 Å². The summed E-state index contributed by atoms with van der Waals surface area (Å²) in [5.41, 5.74) is 2.91. The van der Waals surface area contributed by atoms with Gasteiger partial charge in [0.05, 0.1) is 12.2 Å². The first-order chi connectivity index (χ1) is 8.36. The molecule has 0 radical (unpaired) electrons. The van der Waals surface area contributed by atoms with Crippen LogP contribution in [0, 0.1) is 6.92 Å². The fraction of sp³-hybridized carbons (Fsp3) is 0.786. The first kappa shape index (κ1) is 11.3. The van der Waals surface area contributed by atoms with Crippen LogP contribution in [0.3, 0.4) is 0 Å². The Morgan fingerprint density at radius 3 is 2.76 bits per heavy atom. The number of hydrogen-bond acceptors (Lipinski definition) is 2. The predicted octanol–water partition coefficient (Wildman–Crippen LogP) is 2.77. The first-order valence-corrected chi connectivity index (χ1v) is 7.11. The maximum absolute atomic E-state index is 4.66. The van der Waals surface area contributed by atoms with Gasteiger partial charge in [-0.3, -0.25) is 4.68 Å². The molecular weight excluding hydrogens is 210 g/mol. The van der Waals surface area contributed by atoms with Crippen LogP contribution in [0.25, 0.3) is 0 Å². The molecule has 0 spiro atoms. The van der Waals surface area contributed by atoms with Crippen molar-refractivity contribution in [2.75, 3.05) is 13.1 Å². The first-order valence-electron chi connectivity index (χ1n) is 7.11. The van der Waals surface area contributed by atoms with E-state index in [1.165, 1.54) is 56.3 Å². The molecule has 1 N–H and O–H groups in total. The Morgan fingerprint density at radius 2 is 2.06 bits per heavy atom. The van der Waals surface area contributed by atoms with Crippen molar-refractivity contribution in [2.24, 2.45) is 0 Å². The second-order valence-electron chi connectivity index (χ2n) is 5.61. The molecule has 1 unspecified atom stereocenters. The summed E-state index contributed by atoms with van der Waals surface area (Å²) in [7, 11) is 0. The standard InChI is InChI=1S/C14H23N3/c1-11-14(12-5-4-8-15-9-12)10-16-17(11)13-6-2-3-7-13/h10,12-13,15H,2-9H2,1H3. The van der Waals surface area contributed by atoms with Crippen LogP contribution < -0.4 is 5.32 Å². The Kier molecular flexibility index (Phi) is 3.19. The third-order valence-corrected chi connectivity index (χ3v) is 4.49. The van der Waals surface area contributed by atoms with Crippen LogP contribution in [-0.2, 0) is 0 Å². The monoisotopic (exact) mass is 233 g/mol. The average molecular weight is 233 g/mol. The molecule has 3 nitrogen and oxygen atoms in total. The molecule has 2 heterocycles. The molecule has 1 aliphatic heterocycles. The Balaban J connectivity index is 1.80. The lowest BCUT2D eigenvalue weighted by Crippen LogP contribution is -2.28. The molecule has 3 heteroatoms. The van der Waals surface area contributed by atoms with E-state index in [1.807, 2.05) is 0 Å². The predicted molar refractivity (Wildman–Crippen MR) is 69.3 cm³/mol. The third kappa shape index (κ3) is 2.13. The van der Waals surface area contributed by atoms with Crippen molar-refractivity contribution in [2.45, 2.75) is 57.4 Å². The van der Waals surface area contributed by atoms with Crippen LogP contribution in [-0.4, -0.2) is 22.9 Å². The summed E-state index contributed by atoms with van der Waals surface area (Å²) in [4.78, 5) is 0. The molecule has 17 heavy (non-hydrogen) atoms. The van der Waals surface area contributed by atoms with Crippen molar-refractivity contribution in [1.82, 2.24) is 15.1 Å². The minimum Gasteiger partial charge on any atom is -0.316 e. The summed E-state index contributed by atoms with van der Waals surface area (Å²) >= 11 is 0. The van der Waals surface area contributed by atoms with Crippen LogP contribution in [0.1, 0.15) is 61.7 Å². The summed E-state index contributed by atoms with van der Waals surface area (Å²) in [6.07, 6.45) is 10.2. The zero-order chi connectivity index (χ0) is 11.7. The lowest BCUT2D eigenvalue weighted by atomic mass is 9.92. The Bertz CT molecular complexity index is 371. The zero-order valence-corrected chi connectivity index (χ0v) is 10.8. The Hall–Kier alpha value is -0.830. The molecule has 0 aromatic carbocycles. The second kappa shape index (κ2) is 4.81. The second-order valence-corrected chi connectivity index (χ2v) is 5.61. The molecule has 94 valence electrons. The van der Waals surface area contributed by atoms with Gasteiger partial charge in [-0.1, -0.05) is 12.8 Å². The Labute approximate surface area is 104 Å². The molecule has 0 amide bonds. The van der Waals surface area contributed by atoms with Gasteiger partial charge < -0.3 is 5.32 Å². The number of aromatic nitrogens is 2. The summed E-state index contributed by atoms with van der Waals surface area (Å²) in [6.45, 7) is 4.58. The number of piperidine rings is 1. The van der Waals surface area contributed by atoms with Gasteiger partial charge in [0.1, 0.15) is 0 Å². The minimum atomic E-state index is 0.681. The maximum atomic E-state index is 4.66. The van der Waals surface area contributed by atoms with Gasteiger partial charge in [0, 0.05) is 12.2 Å². The van der Waals surface area contributed by atoms with Crippen LogP contribution in [0.4, 0.5) is 0 Å². The summed E-state index contributed by atoms with van der Waals surface area (Å²) < 4.78 is 2.30. The smallest absolute Gasteiger partial charge is 0.0528 e. The SMILES string of the molecule is Cc1c(C2CCCNC2)cnn1C1CCCC1. The van der Waals surface area contributed by atoms with Crippen LogP contribution in [0.2, 0.25) is 0 Å². The van der Waals surface area contributed by atoms with Crippen molar-refractivity contribution in [3.63, 3.8) is 0 Å². The summed E-state index contributed by atoms with van der Waals surface area (Å²) in [5.74, 6) is 0.693. The lowest BCUT2D eigenvalue weighted by Gasteiger charge is -2.23. The van der Waals surface area contributed by atoms with Gasteiger partial charge in [0.2, 0.25) is 0 Å². The highest BCUT2D eigenvalue weighted by Crippen LogP contribution is 2.33. The van der Waals surface area contributed by atoms with E-state index in [0.29, 0.717) is 12.0 Å². The molecule has 0 bridgehead atoms. The highest BCUT2D eigenvalue weighted by atomic mass is 15.3. The summed E-state index contributed by atoms with van der Waals surface area (Å²) in [6, 6.07) is 0.681. The van der Waals surface area contributed by atoms with Crippen molar-refractivity contribution in [1.29, 1.82) is 0 Å². The van der Waals surface area contributed by atoms with Gasteiger partial charge in [-0.2, -0.15) is 5.10 Å². The Morgan fingerprint density at radius 1 is 1.24 bits per heavy atom. The van der Waals surface area contributed by atoms with Gasteiger partial charge in [0.25, 0.3) is 0 Å². The fourth-order valence-corrected chi connectivity index (χ4v) is 3.47. The lowest BCUT2D eigenvalue weighted by molar-refractivity contribution is 0.445. The largest absolute Gasteiger partial charge is 0.316 e. The zero-order valence-electron chi connectivity index (χ0n) is 10.8. The van der Waals surface area contributed by atoms with Crippen molar-refractivity contribution < 1.29 is 0 Å². The van der Waals surface area contributed by atoms with E-state index in [2.05, 4.69) is 28.2 Å². The number of nitrogens with one attached hydrogen (secondary N) is 1. The quantitative estimate of drug-likeness (QED) is 0.851. The molecule has 1 aliphatic carbocycles. The van der Waals surface area contributed by atoms with E-state index in [-0.39, 0.29) is 0 Å². The van der Waals surface area contributed by atoms with Crippen molar-refractivity contribution in [3.05, 3.63) is 17.5 Å². The fourth-order valence-electron chi connectivity index (χ4n) is 3.47. The number of hydrogen-bond donors (Lipinski definition) is 1. The van der Waals surface area contributed by atoms with Crippen LogP contribution >= 0.6 is 0 Å². The van der Waals surface area contributed by atoms with Gasteiger partial charge in [-0.25, -0.2) is 0 Å². The molecule has 1 atom stereocenters. The topological polar surface area (TPSA) is 29.9 Å². The molecule has 1 saturated carbocycles. The number of rotatable bonds is 2. The molecule has 1 aromatic heterocycles. The molecule has 1 saturated heterocycles.